The van der Waals surface area contributed by atoms with Crippen LogP contribution in [0, 0.1) is 0 Å². The van der Waals surface area contributed by atoms with Crippen LogP contribution >= 0.6 is 23.7 Å². The summed E-state index contributed by atoms with van der Waals surface area (Å²) in [5.74, 6) is 0.683. The fourth-order valence-corrected chi connectivity index (χ4v) is 1.70. The van der Waals surface area contributed by atoms with E-state index in [0.29, 0.717) is 11.4 Å². The molecule has 0 saturated heterocycles. The number of amides is 1. The molecule has 0 fully saturated rings. The third kappa shape index (κ3) is 4.51. The van der Waals surface area contributed by atoms with E-state index in [0.717, 1.165) is 12.3 Å². The Hall–Kier alpha value is -0.780. The first-order valence-electron chi connectivity index (χ1n) is 4.33. The first-order chi connectivity index (χ1) is 6.77. The SMILES string of the molecule is CNCCNC(=O)c1cc(OC)cs1.Cl. The lowest BCUT2D eigenvalue weighted by atomic mass is 10.4. The Morgan fingerprint density at radius 1 is 1.53 bits per heavy atom. The number of methoxy groups -OCH3 is 1. The van der Waals surface area contributed by atoms with Crippen LogP contribution in [0.4, 0.5) is 0 Å². The van der Waals surface area contributed by atoms with Crippen molar-refractivity contribution in [2.24, 2.45) is 0 Å². The van der Waals surface area contributed by atoms with Crippen LogP contribution in [-0.4, -0.2) is 33.2 Å². The molecule has 1 rings (SSSR count). The fourth-order valence-electron chi connectivity index (χ4n) is 0.933. The van der Waals surface area contributed by atoms with E-state index in [1.807, 2.05) is 12.4 Å². The molecule has 6 heteroatoms. The molecular formula is C9H15ClN2O2S. The maximum atomic E-state index is 11.5. The molecule has 2 N–H and O–H groups in total. The minimum Gasteiger partial charge on any atom is -0.496 e. The normalized spacial score (nSPS) is 9.20. The van der Waals surface area contributed by atoms with Gasteiger partial charge in [-0.25, -0.2) is 0 Å². The van der Waals surface area contributed by atoms with E-state index in [9.17, 15) is 4.79 Å². The average Bonchev–Trinajstić information content (AvgIpc) is 2.66. The van der Waals surface area contributed by atoms with Crippen LogP contribution in [0.3, 0.4) is 0 Å². The molecule has 4 nitrogen and oxygen atoms in total. The van der Waals surface area contributed by atoms with Crippen LogP contribution < -0.4 is 15.4 Å². The van der Waals surface area contributed by atoms with E-state index in [4.69, 9.17) is 4.74 Å². The average molecular weight is 251 g/mol. The second kappa shape index (κ2) is 7.50. The molecule has 0 aromatic carbocycles. The lowest BCUT2D eigenvalue weighted by molar-refractivity contribution is 0.0958. The molecule has 0 atom stereocenters. The van der Waals surface area contributed by atoms with Crippen molar-refractivity contribution in [1.82, 2.24) is 10.6 Å². The van der Waals surface area contributed by atoms with Gasteiger partial charge in [0.25, 0.3) is 5.91 Å². The van der Waals surface area contributed by atoms with Crippen LogP contribution in [0.25, 0.3) is 0 Å². The number of hydrogen-bond donors (Lipinski definition) is 2. The van der Waals surface area contributed by atoms with Crippen molar-refractivity contribution in [1.29, 1.82) is 0 Å². The summed E-state index contributed by atoms with van der Waals surface area (Å²) in [4.78, 5) is 12.1. The highest BCUT2D eigenvalue weighted by atomic mass is 35.5. The van der Waals surface area contributed by atoms with E-state index >= 15 is 0 Å². The van der Waals surface area contributed by atoms with Gasteiger partial charge >= 0.3 is 0 Å². The Balaban J connectivity index is 0.00000196. The molecule has 1 aromatic rings. The van der Waals surface area contributed by atoms with Gasteiger partial charge in [-0.05, 0) is 7.05 Å². The highest BCUT2D eigenvalue weighted by molar-refractivity contribution is 7.12. The Kier molecular flexibility index (Phi) is 7.11. The third-order valence-corrected chi connectivity index (χ3v) is 2.60. The van der Waals surface area contributed by atoms with Crippen LogP contribution in [-0.2, 0) is 0 Å². The largest absolute Gasteiger partial charge is 0.496 e. The Bertz CT molecular complexity index is 304. The zero-order valence-corrected chi connectivity index (χ0v) is 10.3. The van der Waals surface area contributed by atoms with E-state index in [2.05, 4.69) is 10.6 Å². The number of rotatable bonds is 5. The molecule has 0 aliphatic rings. The maximum Gasteiger partial charge on any atom is 0.261 e. The first kappa shape index (κ1) is 14.2. The predicted octanol–water partition coefficient (Wildman–Crippen LogP) is 1.13. The zero-order chi connectivity index (χ0) is 10.4. The predicted molar refractivity (Wildman–Crippen MR) is 64.4 cm³/mol. The number of carbonyl (C=O) groups is 1. The van der Waals surface area contributed by atoms with E-state index in [1.54, 1.807) is 13.2 Å². The van der Waals surface area contributed by atoms with Crippen LogP contribution in [0.2, 0.25) is 0 Å². The molecule has 0 spiro atoms. The molecule has 15 heavy (non-hydrogen) atoms. The monoisotopic (exact) mass is 250 g/mol. The van der Waals surface area contributed by atoms with Gasteiger partial charge in [-0.2, -0.15) is 0 Å². The number of halogens is 1. The van der Waals surface area contributed by atoms with Crippen molar-refractivity contribution in [2.75, 3.05) is 27.2 Å². The second-order valence-electron chi connectivity index (χ2n) is 2.71. The molecule has 1 heterocycles. The van der Waals surface area contributed by atoms with Crippen molar-refractivity contribution in [3.05, 3.63) is 16.3 Å². The Labute approximate surface area is 99.4 Å². The summed E-state index contributed by atoms with van der Waals surface area (Å²) in [7, 11) is 3.44. The molecule has 0 aliphatic carbocycles. The molecule has 0 bridgehead atoms. The van der Waals surface area contributed by atoms with Gasteiger partial charge in [0.15, 0.2) is 0 Å². The van der Waals surface area contributed by atoms with Gasteiger partial charge in [0.1, 0.15) is 5.75 Å². The molecule has 1 aromatic heterocycles. The third-order valence-electron chi connectivity index (χ3n) is 1.70. The summed E-state index contributed by atoms with van der Waals surface area (Å²) in [5, 5.41) is 7.56. The summed E-state index contributed by atoms with van der Waals surface area (Å²) in [6, 6.07) is 1.74. The van der Waals surface area contributed by atoms with E-state index in [-0.39, 0.29) is 18.3 Å². The lowest BCUT2D eigenvalue weighted by Gasteiger charge is -2.01. The van der Waals surface area contributed by atoms with Crippen LogP contribution in [0.15, 0.2) is 11.4 Å². The number of ether oxygens (including phenoxy) is 1. The molecule has 0 aliphatic heterocycles. The fraction of sp³-hybridized carbons (Fsp3) is 0.444. The van der Waals surface area contributed by atoms with Gasteiger partial charge in [0.05, 0.1) is 12.0 Å². The summed E-state index contributed by atoms with van der Waals surface area (Å²) in [6.07, 6.45) is 0. The smallest absolute Gasteiger partial charge is 0.261 e. The summed E-state index contributed by atoms with van der Waals surface area (Å²) >= 11 is 1.38. The van der Waals surface area contributed by atoms with Crippen molar-refractivity contribution in [3.63, 3.8) is 0 Å². The summed E-state index contributed by atoms with van der Waals surface area (Å²) in [5.41, 5.74) is 0. The molecule has 0 radical (unpaired) electrons. The van der Waals surface area contributed by atoms with E-state index < -0.39 is 0 Å². The van der Waals surface area contributed by atoms with Crippen LogP contribution in [0.5, 0.6) is 5.75 Å². The lowest BCUT2D eigenvalue weighted by Crippen LogP contribution is -2.29. The van der Waals surface area contributed by atoms with Gasteiger partial charge in [-0.1, -0.05) is 0 Å². The molecule has 0 saturated carbocycles. The van der Waals surface area contributed by atoms with Crippen molar-refractivity contribution in [3.8, 4) is 5.75 Å². The molecular weight excluding hydrogens is 236 g/mol. The summed E-state index contributed by atoms with van der Waals surface area (Å²) in [6.45, 7) is 1.41. The van der Waals surface area contributed by atoms with Gasteiger partial charge < -0.3 is 15.4 Å². The number of hydrogen-bond acceptors (Lipinski definition) is 4. The maximum absolute atomic E-state index is 11.5. The van der Waals surface area contributed by atoms with Crippen molar-refractivity contribution < 1.29 is 9.53 Å². The standard InChI is InChI=1S/C9H14N2O2S.ClH/c1-10-3-4-11-9(12)8-5-7(13-2)6-14-8;/h5-6,10H,3-4H2,1-2H3,(H,11,12);1H. The second-order valence-corrected chi connectivity index (χ2v) is 3.62. The van der Waals surface area contributed by atoms with Crippen LogP contribution in [0.1, 0.15) is 9.67 Å². The van der Waals surface area contributed by atoms with Gasteiger partial charge in [0.2, 0.25) is 0 Å². The quantitative estimate of drug-likeness (QED) is 0.771. The number of likely N-dealkylation sites (N-methyl/N-ethyl adjacent to an activating group) is 1. The zero-order valence-electron chi connectivity index (χ0n) is 8.70. The Morgan fingerprint density at radius 3 is 2.80 bits per heavy atom. The minimum atomic E-state index is -0.0476. The van der Waals surface area contributed by atoms with Crippen molar-refractivity contribution >= 4 is 29.7 Å². The molecule has 0 unspecified atom stereocenters. The topological polar surface area (TPSA) is 50.4 Å². The summed E-state index contributed by atoms with van der Waals surface area (Å²) < 4.78 is 4.99. The number of nitrogens with one attached hydrogen (secondary N) is 2. The number of carbonyl (C=O) groups excluding carboxylic acids is 1. The van der Waals surface area contributed by atoms with Gasteiger partial charge in [-0.15, -0.1) is 23.7 Å². The minimum absolute atomic E-state index is 0. The van der Waals surface area contributed by atoms with Gasteiger partial charge in [-0.3, -0.25) is 4.79 Å². The van der Waals surface area contributed by atoms with E-state index in [1.165, 1.54) is 11.3 Å². The Morgan fingerprint density at radius 2 is 2.27 bits per heavy atom. The van der Waals surface area contributed by atoms with Gasteiger partial charge in [0, 0.05) is 24.5 Å². The highest BCUT2D eigenvalue weighted by Crippen LogP contribution is 2.20. The number of thiophene rings is 1. The molecule has 86 valence electrons. The highest BCUT2D eigenvalue weighted by Gasteiger charge is 2.07. The van der Waals surface area contributed by atoms with Crippen molar-refractivity contribution in [2.45, 2.75) is 0 Å². The first-order valence-corrected chi connectivity index (χ1v) is 5.21. The molecule has 1 amide bonds.